The number of benzene rings is 1. The topological polar surface area (TPSA) is 37.3 Å². The first kappa shape index (κ1) is 8.26. The van der Waals surface area contributed by atoms with Crippen molar-refractivity contribution >= 4 is 27.4 Å². The molecule has 1 heterocycles. The molecule has 0 fully saturated rings. The van der Waals surface area contributed by atoms with E-state index in [-0.39, 0.29) is 0 Å². The number of fused-ring (bicyclic) bond motifs is 1. The van der Waals surface area contributed by atoms with Crippen LogP contribution in [0.4, 0.5) is 0 Å². The van der Waals surface area contributed by atoms with E-state index in [1.807, 2.05) is 24.4 Å². The minimum Gasteiger partial charge on any atom is -0.478 e. The summed E-state index contributed by atoms with van der Waals surface area (Å²) in [5.74, 6) is -0.854. The van der Waals surface area contributed by atoms with E-state index >= 15 is 0 Å². The normalized spacial score (nSPS) is 10.5. The fourth-order valence-electron chi connectivity index (χ4n) is 1.35. The Balaban J connectivity index is 2.76. The number of carbonyl (C=O) groups is 1. The van der Waals surface area contributed by atoms with Gasteiger partial charge in [-0.3, -0.25) is 0 Å². The van der Waals surface area contributed by atoms with Gasteiger partial charge in [0.25, 0.3) is 0 Å². The van der Waals surface area contributed by atoms with E-state index < -0.39 is 5.97 Å². The maximum atomic E-state index is 10.8. The van der Waals surface area contributed by atoms with E-state index in [0.29, 0.717) is 5.56 Å². The lowest BCUT2D eigenvalue weighted by atomic mass is 10.1. The summed E-state index contributed by atoms with van der Waals surface area (Å²) in [5, 5.41) is 12.0. The lowest BCUT2D eigenvalue weighted by Crippen LogP contribution is -1.98. The van der Waals surface area contributed by atoms with Gasteiger partial charge in [0.15, 0.2) is 0 Å². The molecule has 2 nitrogen and oxygen atoms in total. The molecule has 13 heavy (non-hydrogen) atoms. The van der Waals surface area contributed by atoms with Crippen LogP contribution < -0.4 is 0 Å². The third kappa shape index (κ3) is 1.31. The standard InChI is InChI=1S/C10H8O2S/c1-6-4-7-2-3-13-9(7)5-8(6)10(11)12/h2-5H,1H3,(H,11,12). The zero-order chi connectivity index (χ0) is 9.42. The van der Waals surface area contributed by atoms with E-state index in [1.165, 1.54) is 0 Å². The first-order valence-corrected chi connectivity index (χ1v) is 4.77. The van der Waals surface area contributed by atoms with Gasteiger partial charge in [0.1, 0.15) is 0 Å². The Morgan fingerprint density at radius 1 is 1.46 bits per heavy atom. The summed E-state index contributed by atoms with van der Waals surface area (Å²) in [5.41, 5.74) is 1.22. The molecule has 0 amide bonds. The summed E-state index contributed by atoms with van der Waals surface area (Å²) in [4.78, 5) is 10.8. The van der Waals surface area contributed by atoms with Crippen molar-refractivity contribution in [2.45, 2.75) is 6.92 Å². The number of carboxylic acids is 1. The van der Waals surface area contributed by atoms with Gasteiger partial charge in [-0.25, -0.2) is 4.79 Å². The zero-order valence-corrected chi connectivity index (χ0v) is 7.89. The molecule has 1 aromatic carbocycles. The largest absolute Gasteiger partial charge is 0.478 e. The molecule has 0 atom stereocenters. The smallest absolute Gasteiger partial charge is 0.336 e. The lowest BCUT2D eigenvalue weighted by Gasteiger charge is -1.99. The second-order valence-electron chi connectivity index (χ2n) is 2.93. The maximum absolute atomic E-state index is 10.8. The van der Waals surface area contributed by atoms with Crippen molar-refractivity contribution in [2.24, 2.45) is 0 Å². The Labute approximate surface area is 79.4 Å². The summed E-state index contributed by atoms with van der Waals surface area (Å²) >= 11 is 1.56. The summed E-state index contributed by atoms with van der Waals surface area (Å²) in [6.07, 6.45) is 0. The molecule has 1 N–H and O–H groups in total. The molecule has 1 aromatic heterocycles. The first-order valence-electron chi connectivity index (χ1n) is 3.89. The van der Waals surface area contributed by atoms with Crippen LogP contribution in [-0.2, 0) is 0 Å². The molecule has 0 aliphatic heterocycles. The molecule has 0 aliphatic carbocycles. The monoisotopic (exact) mass is 192 g/mol. The number of thiophene rings is 1. The molecule has 0 spiro atoms. The zero-order valence-electron chi connectivity index (χ0n) is 7.07. The highest BCUT2D eigenvalue weighted by molar-refractivity contribution is 7.17. The van der Waals surface area contributed by atoms with E-state index in [0.717, 1.165) is 15.6 Å². The maximum Gasteiger partial charge on any atom is 0.336 e. The van der Waals surface area contributed by atoms with Gasteiger partial charge < -0.3 is 5.11 Å². The van der Waals surface area contributed by atoms with Gasteiger partial charge in [-0.15, -0.1) is 11.3 Å². The molecule has 66 valence electrons. The van der Waals surface area contributed by atoms with Crippen LogP contribution in [-0.4, -0.2) is 11.1 Å². The van der Waals surface area contributed by atoms with Crippen molar-refractivity contribution in [3.8, 4) is 0 Å². The van der Waals surface area contributed by atoms with Crippen molar-refractivity contribution in [1.82, 2.24) is 0 Å². The number of aromatic carboxylic acids is 1. The first-order chi connectivity index (χ1) is 6.18. The van der Waals surface area contributed by atoms with E-state index in [1.54, 1.807) is 17.4 Å². The second kappa shape index (κ2) is 2.85. The number of rotatable bonds is 1. The van der Waals surface area contributed by atoms with Crippen molar-refractivity contribution in [2.75, 3.05) is 0 Å². The van der Waals surface area contributed by atoms with E-state index in [9.17, 15) is 4.79 Å². The quantitative estimate of drug-likeness (QED) is 0.754. The Bertz CT molecular complexity index is 471. The SMILES string of the molecule is Cc1cc2ccsc2cc1C(=O)O. The lowest BCUT2D eigenvalue weighted by molar-refractivity contribution is 0.0696. The van der Waals surface area contributed by atoms with Crippen LogP contribution in [0.15, 0.2) is 23.6 Å². The van der Waals surface area contributed by atoms with Crippen molar-refractivity contribution in [3.05, 3.63) is 34.7 Å². The summed E-state index contributed by atoms with van der Waals surface area (Å²) < 4.78 is 1.03. The number of aryl methyl sites for hydroxylation is 1. The Morgan fingerprint density at radius 3 is 2.92 bits per heavy atom. The third-order valence-corrected chi connectivity index (χ3v) is 2.91. The molecular formula is C10H8O2S. The third-order valence-electron chi connectivity index (χ3n) is 2.03. The molecule has 3 heteroatoms. The van der Waals surface area contributed by atoms with Crippen molar-refractivity contribution in [1.29, 1.82) is 0 Å². The molecule has 0 bridgehead atoms. The highest BCUT2D eigenvalue weighted by Gasteiger charge is 2.08. The van der Waals surface area contributed by atoms with Gasteiger partial charge in [-0.1, -0.05) is 0 Å². The molecule has 0 radical (unpaired) electrons. The molecule has 0 saturated carbocycles. The Hall–Kier alpha value is -1.35. The Morgan fingerprint density at radius 2 is 2.23 bits per heavy atom. The van der Waals surface area contributed by atoms with Crippen molar-refractivity contribution in [3.63, 3.8) is 0 Å². The van der Waals surface area contributed by atoms with E-state index in [2.05, 4.69) is 0 Å². The number of hydrogen-bond donors (Lipinski definition) is 1. The predicted molar refractivity (Wildman–Crippen MR) is 53.5 cm³/mol. The minimum absolute atomic E-state index is 0.398. The van der Waals surface area contributed by atoms with Crippen LogP contribution in [0.2, 0.25) is 0 Å². The van der Waals surface area contributed by atoms with Gasteiger partial charge in [-0.05, 0) is 41.5 Å². The van der Waals surface area contributed by atoms with Crippen LogP contribution >= 0.6 is 11.3 Å². The number of hydrogen-bond acceptors (Lipinski definition) is 2. The molecule has 2 aromatic rings. The number of carboxylic acid groups (broad SMARTS) is 1. The predicted octanol–water partition coefficient (Wildman–Crippen LogP) is 2.91. The fourth-order valence-corrected chi connectivity index (χ4v) is 2.16. The molecular weight excluding hydrogens is 184 g/mol. The van der Waals surface area contributed by atoms with Gasteiger partial charge in [0.2, 0.25) is 0 Å². The van der Waals surface area contributed by atoms with Crippen molar-refractivity contribution < 1.29 is 9.90 Å². The molecule has 0 aliphatic rings. The van der Waals surface area contributed by atoms with E-state index in [4.69, 9.17) is 5.11 Å². The van der Waals surface area contributed by atoms with Crippen LogP contribution in [0.25, 0.3) is 10.1 Å². The Kier molecular flexibility index (Phi) is 1.81. The van der Waals surface area contributed by atoms with Crippen LogP contribution in [0.5, 0.6) is 0 Å². The summed E-state index contributed by atoms with van der Waals surface area (Å²) in [6.45, 7) is 1.82. The molecule has 0 unspecified atom stereocenters. The van der Waals surface area contributed by atoms with Crippen LogP contribution in [0.1, 0.15) is 15.9 Å². The average Bonchev–Trinajstić information content (AvgIpc) is 2.48. The van der Waals surface area contributed by atoms with Crippen LogP contribution in [0, 0.1) is 6.92 Å². The van der Waals surface area contributed by atoms with Gasteiger partial charge >= 0.3 is 5.97 Å². The molecule has 0 saturated heterocycles. The van der Waals surface area contributed by atoms with Gasteiger partial charge in [0.05, 0.1) is 5.56 Å². The summed E-state index contributed by atoms with van der Waals surface area (Å²) in [7, 11) is 0. The fraction of sp³-hybridized carbons (Fsp3) is 0.100. The minimum atomic E-state index is -0.854. The highest BCUT2D eigenvalue weighted by atomic mass is 32.1. The van der Waals surface area contributed by atoms with Crippen LogP contribution in [0.3, 0.4) is 0 Å². The average molecular weight is 192 g/mol. The summed E-state index contributed by atoms with van der Waals surface area (Å²) in [6, 6.07) is 5.64. The molecule has 2 rings (SSSR count). The second-order valence-corrected chi connectivity index (χ2v) is 3.88. The highest BCUT2D eigenvalue weighted by Crippen LogP contribution is 2.24. The van der Waals surface area contributed by atoms with Gasteiger partial charge in [-0.2, -0.15) is 0 Å². The van der Waals surface area contributed by atoms with Gasteiger partial charge in [0, 0.05) is 4.70 Å².